The topological polar surface area (TPSA) is 32.3 Å². The molecular weight excluding hydrogens is 114 g/mol. The highest BCUT2D eigenvalue weighted by atomic mass is 16.3. The van der Waals surface area contributed by atoms with Crippen molar-refractivity contribution in [1.29, 1.82) is 0 Å². The number of nitrogens with one attached hydrogen (secondary N) is 1. The van der Waals surface area contributed by atoms with Gasteiger partial charge in [0.25, 0.3) is 0 Å². The molecule has 0 radical (unpaired) electrons. The molecule has 0 aromatic heterocycles. The van der Waals surface area contributed by atoms with Crippen LogP contribution in [-0.4, -0.2) is 23.8 Å². The van der Waals surface area contributed by atoms with Gasteiger partial charge in [0.05, 0.1) is 0 Å². The van der Waals surface area contributed by atoms with E-state index in [9.17, 15) is 0 Å². The zero-order chi connectivity index (χ0) is 6.74. The van der Waals surface area contributed by atoms with Gasteiger partial charge in [0, 0.05) is 12.1 Å². The first kappa shape index (κ1) is 7.03. The fourth-order valence-electron chi connectivity index (χ4n) is 0.833. The van der Waals surface area contributed by atoms with E-state index in [1.807, 2.05) is 0 Å². The molecule has 0 amide bonds. The average Bonchev–Trinajstić information content (AvgIpc) is 2.50. The quantitative estimate of drug-likeness (QED) is 0.542. The van der Waals surface area contributed by atoms with Crippen LogP contribution in [0.25, 0.3) is 0 Å². The lowest BCUT2D eigenvalue weighted by atomic mass is 10.3. The summed E-state index contributed by atoms with van der Waals surface area (Å²) in [7, 11) is 0. The molecule has 0 heterocycles. The lowest BCUT2D eigenvalue weighted by Crippen LogP contribution is -2.28. The van der Waals surface area contributed by atoms with Gasteiger partial charge in [-0.15, -0.1) is 0 Å². The summed E-state index contributed by atoms with van der Waals surface area (Å²) in [5.74, 6) is 0. The number of aliphatic hydroxyl groups excluding tert-OH is 1. The van der Waals surface area contributed by atoms with Gasteiger partial charge in [-0.3, -0.25) is 0 Å². The SMILES string of the molecule is CC1(NCCCO)CC1. The van der Waals surface area contributed by atoms with Crippen molar-refractivity contribution in [3.63, 3.8) is 0 Å². The number of hydrogen-bond donors (Lipinski definition) is 2. The van der Waals surface area contributed by atoms with Gasteiger partial charge >= 0.3 is 0 Å². The van der Waals surface area contributed by atoms with Gasteiger partial charge in [-0.2, -0.15) is 0 Å². The maximum atomic E-state index is 8.44. The van der Waals surface area contributed by atoms with E-state index >= 15 is 0 Å². The molecule has 0 atom stereocenters. The van der Waals surface area contributed by atoms with Crippen LogP contribution >= 0.6 is 0 Å². The largest absolute Gasteiger partial charge is 0.396 e. The van der Waals surface area contributed by atoms with Gasteiger partial charge in [-0.25, -0.2) is 0 Å². The van der Waals surface area contributed by atoms with Gasteiger partial charge in [0.1, 0.15) is 0 Å². The van der Waals surface area contributed by atoms with Crippen LogP contribution in [0.2, 0.25) is 0 Å². The highest BCUT2D eigenvalue weighted by Gasteiger charge is 2.35. The Labute approximate surface area is 56.3 Å². The zero-order valence-electron chi connectivity index (χ0n) is 5.98. The Morgan fingerprint density at radius 3 is 2.67 bits per heavy atom. The normalized spacial score (nSPS) is 22.0. The van der Waals surface area contributed by atoms with Crippen LogP contribution < -0.4 is 5.32 Å². The summed E-state index contributed by atoms with van der Waals surface area (Å²) in [6, 6.07) is 0. The van der Waals surface area contributed by atoms with E-state index in [-0.39, 0.29) is 0 Å². The summed E-state index contributed by atoms with van der Waals surface area (Å²) < 4.78 is 0. The van der Waals surface area contributed by atoms with Crippen molar-refractivity contribution < 1.29 is 5.11 Å². The molecule has 1 aliphatic carbocycles. The van der Waals surface area contributed by atoms with E-state index in [1.54, 1.807) is 0 Å². The molecule has 1 aliphatic rings. The molecule has 2 heteroatoms. The first-order valence-electron chi connectivity index (χ1n) is 3.63. The molecule has 0 aromatic rings. The van der Waals surface area contributed by atoms with E-state index in [2.05, 4.69) is 12.2 Å². The van der Waals surface area contributed by atoms with Gasteiger partial charge in [0.2, 0.25) is 0 Å². The molecule has 0 saturated heterocycles. The molecule has 2 N–H and O–H groups in total. The van der Waals surface area contributed by atoms with Gasteiger partial charge in [-0.05, 0) is 32.7 Å². The summed E-state index contributed by atoms with van der Waals surface area (Å²) in [5, 5.41) is 11.8. The van der Waals surface area contributed by atoms with Crippen LogP contribution in [0, 0.1) is 0 Å². The molecule has 1 saturated carbocycles. The third-order valence-electron chi connectivity index (χ3n) is 1.89. The Morgan fingerprint density at radius 1 is 1.56 bits per heavy atom. The van der Waals surface area contributed by atoms with E-state index in [1.165, 1.54) is 12.8 Å². The van der Waals surface area contributed by atoms with Crippen LogP contribution in [0.1, 0.15) is 26.2 Å². The summed E-state index contributed by atoms with van der Waals surface area (Å²) >= 11 is 0. The molecule has 54 valence electrons. The molecule has 2 nitrogen and oxygen atoms in total. The Hall–Kier alpha value is -0.0800. The summed E-state index contributed by atoms with van der Waals surface area (Å²) in [6.45, 7) is 3.50. The van der Waals surface area contributed by atoms with Crippen molar-refractivity contribution in [2.24, 2.45) is 0 Å². The Kier molecular flexibility index (Phi) is 2.09. The maximum absolute atomic E-state index is 8.44. The minimum absolute atomic E-state index is 0.309. The second-order valence-electron chi connectivity index (χ2n) is 3.06. The molecule has 0 unspecified atom stereocenters. The van der Waals surface area contributed by atoms with Crippen LogP contribution in [0.4, 0.5) is 0 Å². The third kappa shape index (κ3) is 2.33. The molecule has 0 aliphatic heterocycles. The average molecular weight is 129 g/mol. The minimum atomic E-state index is 0.309. The molecule has 0 spiro atoms. The summed E-state index contributed by atoms with van der Waals surface area (Å²) in [6.07, 6.45) is 3.49. The molecule has 0 bridgehead atoms. The molecule has 9 heavy (non-hydrogen) atoms. The lowest BCUT2D eigenvalue weighted by molar-refractivity contribution is 0.283. The van der Waals surface area contributed by atoms with Crippen molar-refractivity contribution in [3.8, 4) is 0 Å². The highest BCUT2D eigenvalue weighted by Crippen LogP contribution is 2.33. The van der Waals surface area contributed by atoms with E-state index in [4.69, 9.17) is 5.11 Å². The Morgan fingerprint density at radius 2 is 2.22 bits per heavy atom. The number of rotatable bonds is 4. The molecular formula is C7H15NO. The van der Waals surface area contributed by atoms with Crippen molar-refractivity contribution in [2.45, 2.75) is 31.7 Å². The predicted octanol–water partition coefficient (Wildman–Crippen LogP) is 0.511. The Balaban J connectivity index is 1.92. The predicted molar refractivity (Wildman–Crippen MR) is 37.3 cm³/mol. The molecule has 1 fully saturated rings. The second-order valence-corrected chi connectivity index (χ2v) is 3.06. The smallest absolute Gasteiger partial charge is 0.0443 e. The first-order chi connectivity index (χ1) is 4.27. The van der Waals surface area contributed by atoms with Crippen molar-refractivity contribution in [3.05, 3.63) is 0 Å². The minimum Gasteiger partial charge on any atom is -0.396 e. The van der Waals surface area contributed by atoms with Gasteiger partial charge in [0.15, 0.2) is 0 Å². The third-order valence-corrected chi connectivity index (χ3v) is 1.89. The first-order valence-corrected chi connectivity index (χ1v) is 3.63. The van der Waals surface area contributed by atoms with E-state index < -0.39 is 0 Å². The number of hydrogen-bond acceptors (Lipinski definition) is 2. The summed E-state index contributed by atoms with van der Waals surface area (Å²) in [5.41, 5.74) is 0.440. The second kappa shape index (κ2) is 2.67. The number of aliphatic hydroxyl groups is 1. The van der Waals surface area contributed by atoms with Gasteiger partial charge in [-0.1, -0.05) is 0 Å². The van der Waals surface area contributed by atoms with Crippen LogP contribution in [0.5, 0.6) is 0 Å². The maximum Gasteiger partial charge on any atom is 0.0443 e. The fourth-order valence-corrected chi connectivity index (χ4v) is 0.833. The van der Waals surface area contributed by atoms with E-state index in [0.717, 1.165) is 13.0 Å². The van der Waals surface area contributed by atoms with Crippen LogP contribution in [-0.2, 0) is 0 Å². The molecule has 0 aromatic carbocycles. The van der Waals surface area contributed by atoms with Crippen molar-refractivity contribution in [1.82, 2.24) is 5.32 Å². The standard InChI is InChI=1S/C7H15NO/c1-7(3-4-7)8-5-2-6-9/h8-9H,2-6H2,1H3. The monoisotopic (exact) mass is 129 g/mol. The zero-order valence-corrected chi connectivity index (χ0v) is 5.98. The van der Waals surface area contributed by atoms with Crippen LogP contribution in [0.15, 0.2) is 0 Å². The van der Waals surface area contributed by atoms with Crippen molar-refractivity contribution >= 4 is 0 Å². The van der Waals surface area contributed by atoms with Gasteiger partial charge < -0.3 is 10.4 Å². The van der Waals surface area contributed by atoms with Crippen molar-refractivity contribution in [2.75, 3.05) is 13.2 Å². The van der Waals surface area contributed by atoms with E-state index in [0.29, 0.717) is 12.1 Å². The lowest BCUT2D eigenvalue weighted by Gasteiger charge is -2.08. The molecule has 1 rings (SSSR count). The fraction of sp³-hybridized carbons (Fsp3) is 1.00. The van der Waals surface area contributed by atoms with Crippen LogP contribution in [0.3, 0.4) is 0 Å². The highest BCUT2D eigenvalue weighted by molar-refractivity contribution is 4.96. The summed E-state index contributed by atoms with van der Waals surface area (Å²) in [4.78, 5) is 0. The Bertz CT molecular complexity index is 88.9.